The minimum absolute atomic E-state index is 0.0491. The maximum atomic E-state index is 12.2. The zero-order valence-electron chi connectivity index (χ0n) is 13.2. The minimum atomic E-state index is -0.388. The summed E-state index contributed by atoms with van der Waals surface area (Å²) in [4.78, 5) is 12.2. The van der Waals surface area contributed by atoms with Gasteiger partial charge < -0.3 is 10.4 Å². The van der Waals surface area contributed by atoms with Crippen LogP contribution in [0.25, 0.3) is 0 Å². The van der Waals surface area contributed by atoms with Crippen molar-refractivity contribution >= 4 is 5.91 Å². The van der Waals surface area contributed by atoms with Crippen molar-refractivity contribution in [2.24, 2.45) is 5.92 Å². The van der Waals surface area contributed by atoms with Gasteiger partial charge in [0.1, 0.15) is 0 Å². The van der Waals surface area contributed by atoms with Gasteiger partial charge in [-0.25, -0.2) is 0 Å². The highest BCUT2D eigenvalue weighted by Gasteiger charge is 2.35. The summed E-state index contributed by atoms with van der Waals surface area (Å²) in [7, 11) is 0. The molecule has 1 amide bonds. The van der Waals surface area contributed by atoms with E-state index in [1.807, 2.05) is 12.1 Å². The fraction of sp³-hybridized carbons (Fsp3) is 0.611. The zero-order chi connectivity index (χ0) is 15.3. The van der Waals surface area contributed by atoms with Crippen LogP contribution in [0.4, 0.5) is 0 Å². The highest BCUT2D eigenvalue weighted by atomic mass is 16.3. The van der Waals surface area contributed by atoms with Crippen LogP contribution in [0.1, 0.15) is 50.2 Å². The molecule has 0 spiro atoms. The molecule has 3 nitrogen and oxygen atoms in total. The Balaban J connectivity index is 1.90. The van der Waals surface area contributed by atoms with Gasteiger partial charge in [0.25, 0.3) is 0 Å². The minimum Gasteiger partial charge on any atom is -0.394 e. The molecule has 0 bridgehead atoms. The molecule has 1 aromatic rings. The van der Waals surface area contributed by atoms with E-state index in [0.717, 1.165) is 25.7 Å². The van der Waals surface area contributed by atoms with Crippen molar-refractivity contribution in [1.29, 1.82) is 0 Å². The molecule has 0 aliphatic heterocycles. The Kier molecular flexibility index (Phi) is 5.40. The molecule has 0 heterocycles. The number of aliphatic hydroxyl groups is 1. The van der Waals surface area contributed by atoms with E-state index in [4.69, 9.17) is 0 Å². The van der Waals surface area contributed by atoms with Crippen LogP contribution in [-0.4, -0.2) is 23.2 Å². The number of amides is 1. The Bertz CT molecular complexity index is 486. The van der Waals surface area contributed by atoms with Gasteiger partial charge in [-0.3, -0.25) is 4.79 Å². The van der Waals surface area contributed by atoms with Crippen molar-refractivity contribution in [2.45, 2.75) is 57.9 Å². The molecule has 1 aliphatic rings. The van der Waals surface area contributed by atoms with E-state index in [-0.39, 0.29) is 18.1 Å². The van der Waals surface area contributed by atoms with E-state index < -0.39 is 0 Å². The zero-order valence-corrected chi connectivity index (χ0v) is 13.2. The standard InChI is InChI=1S/C18H27NO2/c1-14-6-5-11-18(12-14,13-20)19-17(21)10-9-16-8-4-3-7-15(16)2/h3-4,7-8,14,20H,5-6,9-13H2,1-2H3,(H,19,21). The summed E-state index contributed by atoms with van der Waals surface area (Å²) in [5.41, 5.74) is 2.07. The van der Waals surface area contributed by atoms with Gasteiger partial charge in [0, 0.05) is 6.42 Å². The third-order valence-corrected chi connectivity index (χ3v) is 4.68. The van der Waals surface area contributed by atoms with Crippen molar-refractivity contribution < 1.29 is 9.90 Å². The van der Waals surface area contributed by atoms with Gasteiger partial charge >= 0.3 is 0 Å². The van der Waals surface area contributed by atoms with Crippen molar-refractivity contribution in [3.8, 4) is 0 Å². The average Bonchev–Trinajstić information content (AvgIpc) is 2.46. The Morgan fingerprint density at radius 2 is 2.19 bits per heavy atom. The third kappa shape index (κ3) is 4.31. The Morgan fingerprint density at radius 1 is 1.43 bits per heavy atom. The highest BCUT2D eigenvalue weighted by Crippen LogP contribution is 2.32. The third-order valence-electron chi connectivity index (χ3n) is 4.68. The van der Waals surface area contributed by atoms with E-state index in [9.17, 15) is 9.90 Å². The molecule has 1 aliphatic carbocycles. The van der Waals surface area contributed by atoms with Crippen LogP contribution in [0, 0.1) is 12.8 Å². The van der Waals surface area contributed by atoms with Gasteiger partial charge in [0.2, 0.25) is 5.91 Å². The van der Waals surface area contributed by atoms with Crippen molar-refractivity contribution in [1.82, 2.24) is 5.32 Å². The molecule has 21 heavy (non-hydrogen) atoms. The average molecular weight is 289 g/mol. The van der Waals surface area contributed by atoms with Crippen LogP contribution in [0.3, 0.4) is 0 Å². The first-order valence-corrected chi connectivity index (χ1v) is 8.01. The second kappa shape index (κ2) is 7.08. The van der Waals surface area contributed by atoms with Gasteiger partial charge in [-0.15, -0.1) is 0 Å². The van der Waals surface area contributed by atoms with Crippen molar-refractivity contribution in [3.63, 3.8) is 0 Å². The molecule has 2 unspecified atom stereocenters. The summed E-state index contributed by atoms with van der Waals surface area (Å²) in [5, 5.41) is 12.8. The van der Waals surface area contributed by atoms with Crippen LogP contribution in [-0.2, 0) is 11.2 Å². The molecular formula is C18H27NO2. The normalized spacial score (nSPS) is 25.6. The molecule has 2 N–H and O–H groups in total. The largest absolute Gasteiger partial charge is 0.394 e. The quantitative estimate of drug-likeness (QED) is 0.875. The highest BCUT2D eigenvalue weighted by molar-refractivity contribution is 5.77. The number of aliphatic hydroxyl groups excluding tert-OH is 1. The number of carbonyl (C=O) groups is 1. The first kappa shape index (κ1) is 16.0. The SMILES string of the molecule is Cc1ccccc1CCC(=O)NC1(CO)CCCC(C)C1. The van der Waals surface area contributed by atoms with Crippen LogP contribution >= 0.6 is 0 Å². The van der Waals surface area contributed by atoms with Crippen LogP contribution in [0.5, 0.6) is 0 Å². The van der Waals surface area contributed by atoms with E-state index in [1.165, 1.54) is 17.5 Å². The van der Waals surface area contributed by atoms with Gasteiger partial charge in [-0.2, -0.15) is 0 Å². The molecule has 1 aromatic carbocycles. The second-order valence-corrected chi connectivity index (χ2v) is 6.61. The number of hydrogen-bond donors (Lipinski definition) is 2. The lowest BCUT2D eigenvalue weighted by Crippen LogP contribution is -2.53. The van der Waals surface area contributed by atoms with Crippen LogP contribution < -0.4 is 5.32 Å². The lowest BCUT2D eigenvalue weighted by Gasteiger charge is -2.39. The maximum Gasteiger partial charge on any atom is 0.220 e. The predicted molar refractivity (Wildman–Crippen MR) is 85.1 cm³/mol. The smallest absolute Gasteiger partial charge is 0.220 e. The van der Waals surface area contributed by atoms with E-state index >= 15 is 0 Å². The van der Waals surface area contributed by atoms with Crippen molar-refractivity contribution in [2.75, 3.05) is 6.61 Å². The predicted octanol–water partition coefficient (Wildman–Crippen LogP) is 2.99. The first-order valence-electron chi connectivity index (χ1n) is 8.01. The van der Waals surface area contributed by atoms with Gasteiger partial charge in [0.15, 0.2) is 0 Å². The Labute approximate surface area is 127 Å². The monoisotopic (exact) mass is 289 g/mol. The lowest BCUT2D eigenvalue weighted by atomic mass is 9.76. The molecule has 116 valence electrons. The number of rotatable bonds is 5. The number of benzene rings is 1. The topological polar surface area (TPSA) is 49.3 Å². The fourth-order valence-corrected chi connectivity index (χ4v) is 3.45. The molecule has 0 saturated heterocycles. The van der Waals surface area contributed by atoms with E-state index in [1.54, 1.807) is 0 Å². The second-order valence-electron chi connectivity index (χ2n) is 6.61. The summed E-state index contributed by atoms with van der Waals surface area (Å²) >= 11 is 0. The number of carbonyl (C=O) groups excluding carboxylic acids is 1. The molecule has 1 fully saturated rings. The molecule has 1 saturated carbocycles. The number of hydrogen-bond acceptors (Lipinski definition) is 2. The van der Waals surface area contributed by atoms with Gasteiger partial charge in [0.05, 0.1) is 12.1 Å². The van der Waals surface area contributed by atoms with E-state index in [2.05, 4.69) is 31.3 Å². The van der Waals surface area contributed by atoms with Gasteiger partial charge in [-0.05, 0) is 43.2 Å². The molecule has 3 heteroatoms. The maximum absolute atomic E-state index is 12.2. The first-order chi connectivity index (χ1) is 10.0. The van der Waals surface area contributed by atoms with Gasteiger partial charge in [-0.1, -0.05) is 44.0 Å². The summed E-state index contributed by atoms with van der Waals surface area (Å²) in [5.74, 6) is 0.629. The lowest BCUT2D eigenvalue weighted by molar-refractivity contribution is -0.124. The molecule has 2 atom stereocenters. The summed E-state index contributed by atoms with van der Waals surface area (Å²) < 4.78 is 0. The summed E-state index contributed by atoms with van der Waals surface area (Å²) in [6.45, 7) is 4.32. The van der Waals surface area contributed by atoms with Crippen LogP contribution in [0.2, 0.25) is 0 Å². The molecular weight excluding hydrogens is 262 g/mol. The Morgan fingerprint density at radius 3 is 2.86 bits per heavy atom. The van der Waals surface area contributed by atoms with Crippen molar-refractivity contribution in [3.05, 3.63) is 35.4 Å². The Hall–Kier alpha value is -1.35. The summed E-state index contributed by atoms with van der Waals surface area (Å²) in [6, 6.07) is 8.18. The molecule has 0 aromatic heterocycles. The fourth-order valence-electron chi connectivity index (χ4n) is 3.45. The van der Waals surface area contributed by atoms with Crippen LogP contribution in [0.15, 0.2) is 24.3 Å². The molecule has 0 radical (unpaired) electrons. The number of nitrogens with one attached hydrogen (secondary N) is 1. The summed E-state index contributed by atoms with van der Waals surface area (Å²) in [6.07, 6.45) is 5.31. The number of aryl methyl sites for hydroxylation is 2. The van der Waals surface area contributed by atoms with E-state index in [0.29, 0.717) is 12.3 Å². The molecule has 2 rings (SSSR count).